The van der Waals surface area contributed by atoms with E-state index in [0.717, 1.165) is 16.8 Å². The number of nitrogens with one attached hydrogen (secondary N) is 1. The second-order valence-electron chi connectivity index (χ2n) is 4.29. The van der Waals surface area contributed by atoms with Gasteiger partial charge in [-0.25, -0.2) is 4.39 Å². The van der Waals surface area contributed by atoms with Crippen molar-refractivity contribution in [3.8, 4) is 0 Å². The summed E-state index contributed by atoms with van der Waals surface area (Å²) in [6, 6.07) is 15.0. The normalized spacial score (nSPS) is 10.1. The second kappa shape index (κ2) is 5.50. The highest BCUT2D eigenvalue weighted by atomic mass is 19.1. The Balaban J connectivity index is 1.99. The molecule has 0 bridgehead atoms. The van der Waals surface area contributed by atoms with Crippen LogP contribution in [-0.2, 0) is 0 Å². The Hall–Kier alpha value is -2.09. The minimum Gasteiger partial charge on any atom is -0.381 e. The summed E-state index contributed by atoms with van der Waals surface area (Å²) in [7, 11) is 0. The summed E-state index contributed by atoms with van der Waals surface area (Å²) in [6.07, 6.45) is 0. The molecule has 2 heteroatoms. The average Bonchev–Trinajstić information content (AvgIpc) is 2.41. The number of halogens is 1. The second-order valence-corrected chi connectivity index (χ2v) is 4.29. The summed E-state index contributed by atoms with van der Waals surface area (Å²) in [5.41, 5.74) is 3.68. The van der Waals surface area contributed by atoms with Gasteiger partial charge in [0.05, 0.1) is 0 Å². The molecule has 92 valence electrons. The lowest BCUT2D eigenvalue weighted by molar-refractivity contribution is 0.619. The van der Waals surface area contributed by atoms with E-state index in [0.29, 0.717) is 12.1 Å². The molecule has 2 aromatic carbocycles. The highest BCUT2D eigenvalue weighted by molar-refractivity contribution is 5.67. The molecule has 0 atom stereocenters. The van der Waals surface area contributed by atoms with E-state index < -0.39 is 0 Å². The number of rotatable bonds is 4. The quantitative estimate of drug-likeness (QED) is 0.843. The van der Waals surface area contributed by atoms with Crippen molar-refractivity contribution in [1.82, 2.24) is 0 Å². The Morgan fingerprint density at radius 3 is 2.56 bits per heavy atom. The van der Waals surface area contributed by atoms with Gasteiger partial charge in [-0.2, -0.15) is 0 Å². The van der Waals surface area contributed by atoms with E-state index in [-0.39, 0.29) is 5.82 Å². The molecule has 0 radical (unpaired) electrons. The zero-order valence-electron chi connectivity index (χ0n) is 10.4. The van der Waals surface area contributed by atoms with E-state index in [2.05, 4.69) is 11.9 Å². The third kappa shape index (κ3) is 2.98. The molecule has 0 aliphatic rings. The van der Waals surface area contributed by atoms with E-state index >= 15 is 0 Å². The van der Waals surface area contributed by atoms with Crippen molar-refractivity contribution in [2.45, 2.75) is 6.92 Å². The topological polar surface area (TPSA) is 12.0 Å². The van der Waals surface area contributed by atoms with Crippen LogP contribution >= 0.6 is 0 Å². The predicted molar refractivity (Wildman–Crippen MR) is 75.1 cm³/mol. The largest absolute Gasteiger partial charge is 0.381 e. The van der Waals surface area contributed by atoms with Crippen LogP contribution in [0.1, 0.15) is 11.1 Å². The van der Waals surface area contributed by atoms with Crippen LogP contribution in [0, 0.1) is 12.7 Å². The van der Waals surface area contributed by atoms with E-state index in [1.807, 2.05) is 30.3 Å². The molecule has 2 rings (SSSR count). The van der Waals surface area contributed by atoms with E-state index in [1.54, 1.807) is 19.1 Å². The zero-order valence-corrected chi connectivity index (χ0v) is 10.4. The standard InChI is InChI=1S/C16H16FN/c1-12-10-15(8-9-16(12)17)18-11-13(2)14-6-4-3-5-7-14/h3-10,18H,2,11H2,1H3. The zero-order chi connectivity index (χ0) is 13.0. The maximum atomic E-state index is 13.1. The van der Waals surface area contributed by atoms with Gasteiger partial charge >= 0.3 is 0 Å². The third-order valence-electron chi connectivity index (χ3n) is 2.85. The minimum atomic E-state index is -0.178. The minimum absolute atomic E-state index is 0.178. The molecule has 0 saturated carbocycles. The first kappa shape index (κ1) is 12.4. The average molecular weight is 241 g/mol. The summed E-state index contributed by atoms with van der Waals surface area (Å²) in [5, 5.41) is 3.24. The molecule has 1 nitrogen and oxygen atoms in total. The highest BCUT2D eigenvalue weighted by Crippen LogP contribution is 2.16. The van der Waals surface area contributed by atoms with Crippen molar-refractivity contribution in [3.05, 3.63) is 72.1 Å². The summed E-state index contributed by atoms with van der Waals surface area (Å²) in [6.45, 7) is 6.45. The smallest absolute Gasteiger partial charge is 0.126 e. The van der Waals surface area contributed by atoms with Crippen molar-refractivity contribution in [3.63, 3.8) is 0 Å². The summed E-state index contributed by atoms with van der Waals surface area (Å²) in [4.78, 5) is 0. The Labute approximate surface area is 107 Å². The predicted octanol–water partition coefficient (Wildman–Crippen LogP) is 4.26. The van der Waals surface area contributed by atoms with Gasteiger partial charge in [0, 0.05) is 12.2 Å². The summed E-state index contributed by atoms with van der Waals surface area (Å²) in [5.74, 6) is -0.178. The molecule has 0 heterocycles. The van der Waals surface area contributed by atoms with Crippen LogP contribution in [0.2, 0.25) is 0 Å². The first-order valence-corrected chi connectivity index (χ1v) is 5.90. The Bertz CT molecular complexity index is 546. The molecule has 0 amide bonds. The van der Waals surface area contributed by atoms with E-state index in [9.17, 15) is 4.39 Å². The molecule has 0 aliphatic heterocycles. The van der Waals surface area contributed by atoms with Crippen LogP contribution in [0.4, 0.5) is 10.1 Å². The van der Waals surface area contributed by atoms with Gasteiger partial charge in [-0.3, -0.25) is 0 Å². The van der Waals surface area contributed by atoms with E-state index in [4.69, 9.17) is 0 Å². The van der Waals surface area contributed by atoms with Gasteiger partial charge in [0.1, 0.15) is 5.82 Å². The van der Waals surface area contributed by atoms with Gasteiger partial charge < -0.3 is 5.32 Å². The van der Waals surface area contributed by atoms with Crippen LogP contribution < -0.4 is 5.32 Å². The first-order chi connectivity index (χ1) is 8.66. The Morgan fingerprint density at radius 2 is 1.89 bits per heavy atom. The van der Waals surface area contributed by atoms with Crippen LogP contribution in [0.5, 0.6) is 0 Å². The van der Waals surface area contributed by atoms with Crippen molar-refractivity contribution < 1.29 is 4.39 Å². The van der Waals surface area contributed by atoms with Crippen LogP contribution in [0.25, 0.3) is 5.57 Å². The molecule has 0 unspecified atom stereocenters. The number of benzene rings is 2. The lowest BCUT2D eigenvalue weighted by atomic mass is 10.1. The van der Waals surface area contributed by atoms with Crippen molar-refractivity contribution in [1.29, 1.82) is 0 Å². The van der Waals surface area contributed by atoms with Crippen LogP contribution in [0.15, 0.2) is 55.1 Å². The highest BCUT2D eigenvalue weighted by Gasteiger charge is 2.00. The fourth-order valence-corrected chi connectivity index (χ4v) is 1.74. The van der Waals surface area contributed by atoms with Gasteiger partial charge in [-0.15, -0.1) is 0 Å². The number of hydrogen-bond acceptors (Lipinski definition) is 1. The van der Waals surface area contributed by atoms with Gasteiger partial charge in [-0.1, -0.05) is 36.9 Å². The summed E-state index contributed by atoms with van der Waals surface area (Å²) < 4.78 is 13.1. The molecular formula is C16H16FN. The Morgan fingerprint density at radius 1 is 1.17 bits per heavy atom. The fraction of sp³-hybridized carbons (Fsp3) is 0.125. The number of hydrogen-bond donors (Lipinski definition) is 1. The molecule has 0 saturated heterocycles. The van der Waals surface area contributed by atoms with Crippen molar-refractivity contribution >= 4 is 11.3 Å². The monoisotopic (exact) mass is 241 g/mol. The Kier molecular flexibility index (Phi) is 3.78. The molecule has 2 aromatic rings. The maximum absolute atomic E-state index is 13.1. The molecule has 0 spiro atoms. The van der Waals surface area contributed by atoms with E-state index in [1.165, 1.54) is 6.07 Å². The molecule has 0 aromatic heterocycles. The van der Waals surface area contributed by atoms with Crippen molar-refractivity contribution in [2.24, 2.45) is 0 Å². The van der Waals surface area contributed by atoms with Gasteiger partial charge in [-0.05, 0) is 41.8 Å². The molecular weight excluding hydrogens is 225 g/mol. The van der Waals surface area contributed by atoms with Crippen LogP contribution in [0.3, 0.4) is 0 Å². The molecule has 1 N–H and O–H groups in total. The summed E-state index contributed by atoms with van der Waals surface area (Å²) >= 11 is 0. The maximum Gasteiger partial charge on any atom is 0.126 e. The lowest BCUT2D eigenvalue weighted by Gasteiger charge is -2.10. The fourth-order valence-electron chi connectivity index (χ4n) is 1.74. The SMILES string of the molecule is C=C(CNc1ccc(F)c(C)c1)c1ccccc1. The molecule has 0 fully saturated rings. The molecule has 18 heavy (non-hydrogen) atoms. The van der Waals surface area contributed by atoms with Gasteiger partial charge in [0.2, 0.25) is 0 Å². The van der Waals surface area contributed by atoms with Crippen molar-refractivity contribution in [2.75, 3.05) is 11.9 Å². The lowest BCUT2D eigenvalue weighted by Crippen LogP contribution is -2.03. The number of aryl methyl sites for hydroxylation is 1. The number of anilines is 1. The molecule has 0 aliphatic carbocycles. The third-order valence-corrected chi connectivity index (χ3v) is 2.85. The van der Waals surface area contributed by atoms with Gasteiger partial charge in [0.15, 0.2) is 0 Å². The van der Waals surface area contributed by atoms with Gasteiger partial charge in [0.25, 0.3) is 0 Å². The van der Waals surface area contributed by atoms with Crippen LogP contribution in [-0.4, -0.2) is 6.54 Å². The first-order valence-electron chi connectivity index (χ1n) is 5.90.